The zero-order valence-electron chi connectivity index (χ0n) is 11.5. The van der Waals surface area contributed by atoms with E-state index < -0.39 is 17.6 Å². The van der Waals surface area contributed by atoms with Crippen molar-refractivity contribution < 1.29 is 18.7 Å². The van der Waals surface area contributed by atoms with E-state index >= 15 is 0 Å². The van der Waals surface area contributed by atoms with Gasteiger partial charge < -0.3 is 10.4 Å². The predicted molar refractivity (Wildman–Crippen MR) is 76.2 cm³/mol. The molecule has 2 aromatic rings. The third-order valence-electron chi connectivity index (χ3n) is 3.18. The van der Waals surface area contributed by atoms with E-state index in [4.69, 9.17) is 5.11 Å². The van der Waals surface area contributed by atoms with Crippen molar-refractivity contribution >= 4 is 11.7 Å². The molecular formula is C16H15F2NO2. The van der Waals surface area contributed by atoms with Crippen LogP contribution in [0.2, 0.25) is 0 Å². The van der Waals surface area contributed by atoms with Gasteiger partial charge in [-0.2, -0.15) is 0 Å². The molecule has 0 saturated carbocycles. The Morgan fingerprint density at radius 3 is 2.48 bits per heavy atom. The fraction of sp³-hybridized carbons (Fsp3) is 0.188. The predicted octanol–water partition coefficient (Wildman–Crippen LogP) is 3.51. The zero-order valence-corrected chi connectivity index (χ0v) is 11.5. The van der Waals surface area contributed by atoms with Gasteiger partial charge in [0.15, 0.2) is 0 Å². The van der Waals surface area contributed by atoms with Crippen molar-refractivity contribution in [3.05, 3.63) is 64.7 Å². The molecule has 3 nitrogen and oxygen atoms in total. The molecule has 5 heteroatoms. The second kappa shape index (κ2) is 6.35. The minimum atomic E-state index is -0.935. The summed E-state index contributed by atoms with van der Waals surface area (Å²) in [6.07, 6.45) is -0.109. The smallest absolute Gasteiger partial charge is 0.307 e. The lowest BCUT2D eigenvalue weighted by Crippen LogP contribution is -2.08. The third-order valence-corrected chi connectivity index (χ3v) is 3.18. The lowest BCUT2D eigenvalue weighted by molar-refractivity contribution is -0.136. The summed E-state index contributed by atoms with van der Waals surface area (Å²) in [7, 11) is 0. The fourth-order valence-corrected chi connectivity index (χ4v) is 2.04. The van der Waals surface area contributed by atoms with E-state index in [1.807, 2.05) is 0 Å². The molecule has 0 heterocycles. The topological polar surface area (TPSA) is 49.3 Å². The number of aliphatic carboxylic acids is 1. The first-order valence-corrected chi connectivity index (χ1v) is 6.45. The number of rotatable bonds is 5. The number of hydrogen-bond acceptors (Lipinski definition) is 2. The van der Waals surface area contributed by atoms with E-state index in [9.17, 15) is 13.6 Å². The Balaban J connectivity index is 2.17. The number of halogens is 2. The molecule has 0 spiro atoms. The Kier molecular flexibility index (Phi) is 4.52. The highest BCUT2D eigenvalue weighted by atomic mass is 19.1. The maximum atomic E-state index is 13.7. The van der Waals surface area contributed by atoms with Crippen LogP contribution in [0.1, 0.15) is 16.7 Å². The second-order valence-electron chi connectivity index (χ2n) is 4.77. The van der Waals surface area contributed by atoms with E-state index in [0.717, 1.165) is 17.7 Å². The standard InChI is InChI=1S/C16H15F2NO2/c1-10-6-14(18)15(8-13(10)17)19-9-12-5-3-2-4-11(12)7-16(20)21/h2-6,8,19H,7,9H2,1H3,(H,20,21). The van der Waals surface area contributed by atoms with Gasteiger partial charge in [0.25, 0.3) is 0 Å². The van der Waals surface area contributed by atoms with Crippen LogP contribution in [0.3, 0.4) is 0 Å². The molecule has 2 rings (SSSR count). The van der Waals surface area contributed by atoms with Crippen LogP contribution >= 0.6 is 0 Å². The number of carboxylic acid groups (broad SMARTS) is 1. The fourth-order valence-electron chi connectivity index (χ4n) is 2.04. The Morgan fingerprint density at radius 1 is 1.14 bits per heavy atom. The molecule has 0 aliphatic heterocycles. The number of nitrogens with one attached hydrogen (secondary N) is 1. The minimum Gasteiger partial charge on any atom is -0.481 e. The van der Waals surface area contributed by atoms with Crippen LogP contribution in [-0.2, 0) is 17.8 Å². The van der Waals surface area contributed by atoms with Crippen molar-refractivity contribution in [1.82, 2.24) is 0 Å². The minimum absolute atomic E-state index is 0.0585. The quantitative estimate of drug-likeness (QED) is 0.886. The molecule has 2 N–H and O–H groups in total. The first kappa shape index (κ1) is 15.0. The van der Waals surface area contributed by atoms with Crippen molar-refractivity contribution in [3.63, 3.8) is 0 Å². The summed E-state index contributed by atoms with van der Waals surface area (Å²) in [6.45, 7) is 1.72. The van der Waals surface area contributed by atoms with E-state index in [1.54, 1.807) is 24.3 Å². The van der Waals surface area contributed by atoms with E-state index in [1.165, 1.54) is 6.92 Å². The second-order valence-corrected chi connectivity index (χ2v) is 4.77. The van der Waals surface area contributed by atoms with Crippen LogP contribution in [0.15, 0.2) is 36.4 Å². The van der Waals surface area contributed by atoms with E-state index in [0.29, 0.717) is 5.56 Å². The summed E-state index contributed by atoms with van der Waals surface area (Å²) in [5.41, 5.74) is 1.68. The van der Waals surface area contributed by atoms with Crippen molar-refractivity contribution in [2.24, 2.45) is 0 Å². The number of carbonyl (C=O) groups is 1. The molecule has 0 unspecified atom stereocenters. The molecule has 0 aliphatic carbocycles. The summed E-state index contributed by atoms with van der Waals surface area (Å²) in [6, 6.07) is 9.21. The van der Waals surface area contributed by atoms with Crippen LogP contribution in [0.5, 0.6) is 0 Å². The van der Waals surface area contributed by atoms with Crippen molar-refractivity contribution in [1.29, 1.82) is 0 Å². The van der Waals surface area contributed by atoms with Gasteiger partial charge in [-0.25, -0.2) is 8.78 Å². The van der Waals surface area contributed by atoms with Gasteiger partial charge in [0.2, 0.25) is 0 Å². The average molecular weight is 291 g/mol. The molecule has 0 radical (unpaired) electrons. The summed E-state index contributed by atoms with van der Waals surface area (Å²) < 4.78 is 27.2. The summed E-state index contributed by atoms with van der Waals surface area (Å²) >= 11 is 0. The van der Waals surface area contributed by atoms with Gasteiger partial charge in [0, 0.05) is 12.6 Å². The summed E-state index contributed by atoms with van der Waals surface area (Å²) in [5.74, 6) is -1.96. The molecule has 110 valence electrons. The molecule has 0 amide bonds. The number of aryl methyl sites for hydroxylation is 1. The van der Waals surface area contributed by atoms with Crippen LogP contribution in [0.25, 0.3) is 0 Å². The highest BCUT2D eigenvalue weighted by molar-refractivity contribution is 5.70. The van der Waals surface area contributed by atoms with E-state index in [2.05, 4.69) is 5.32 Å². The summed E-state index contributed by atoms with van der Waals surface area (Å²) in [4.78, 5) is 10.8. The molecule has 0 atom stereocenters. The van der Waals surface area contributed by atoms with Gasteiger partial charge in [-0.15, -0.1) is 0 Å². The number of anilines is 1. The van der Waals surface area contributed by atoms with Crippen LogP contribution in [0, 0.1) is 18.6 Å². The van der Waals surface area contributed by atoms with Gasteiger partial charge in [-0.05, 0) is 29.7 Å². The molecule has 21 heavy (non-hydrogen) atoms. The summed E-state index contributed by atoms with van der Waals surface area (Å²) in [5, 5.41) is 11.7. The highest BCUT2D eigenvalue weighted by Gasteiger charge is 2.09. The molecular weight excluding hydrogens is 276 g/mol. The Hall–Kier alpha value is -2.43. The van der Waals surface area contributed by atoms with Crippen molar-refractivity contribution in [2.45, 2.75) is 19.9 Å². The third kappa shape index (κ3) is 3.78. The van der Waals surface area contributed by atoms with Crippen LogP contribution < -0.4 is 5.32 Å². The molecule has 0 saturated heterocycles. The van der Waals surface area contributed by atoms with Gasteiger partial charge >= 0.3 is 5.97 Å². The monoisotopic (exact) mass is 291 g/mol. The lowest BCUT2D eigenvalue weighted by atomic mass is 10.0. The van der Waals surface area contributed by atoms with Gasteiger partial charge in [-0.1, -0.05) is 24.3 Å². The maximum absolute atomic E-state index is 13.7. The maximum Gasteiger partial charge on any atom is 0.307 e. The van der Waals surface area contributed by atoms with Crippen LogP contribution in [0.4, 0.5) is 14.5 Å². The Labute approximate surface area is 121 Å². The van der Waals surface area contributed by atoms with Crippen LogP contribution in [-0.4, -0.2) is 11.1 Å². The van der Waals surface area contributed by atoms with Crippen molar-refractivity contribution in [2.75, 3.05) is 5.32 Å². The first-order chi connectivity index (χ1) is 9.97. The van der Waals surface area contributed by atoms with Gasteiger partial charge in [0.05, 0.1) is 12.1 Å². The molecule has 0 bridgehead atoms. The number of hydrogen-bond donors (Lipinski definition) is 2. The lowest BCUT2D eigenvalue weighted by Gasteiger charge is -2.12. The average Bonchev–Trinajstić information content (AvgIpc) is 2.42. The molecule has 0 aliphatic rings. The highest BCUT2D eigenvalue weighted by Crippen LogP contribution is 2.20. The van der Waals surface area contributed by atoms with Gasteiger partial charge in [0.1, 0.15) is 11.6 Å². The zero-order chi connectivity index (χ0) is 15.4. The largest absolute Gasteiger partial charge is 0.481 e. The van der Waals surface area contributed by atoms with Gasteiger partial charge in [-0.3, -0.25) is 4.79 Å². The Bertz CT molecular complexity index is 671. The Morgan fingerprint density at radius 2 is 1.81 bits per heavy atom. The first-order valence-electron chi connectivity index (χ1n) is 6.45. The number of carboxylic acids is 1. The molecule has 2 aromatic carbocycles. The SMILES string of the molecule is Cc1cc(F)c(NCc2ccccc2CC(=O)O)cc1F. The molecule has 0 aromatic heterocycles. The van der Waals surface area contributed by atoms with Crippen molar-refractivity contribution in [3.8, 4) is 0 Å². The normalized spacial score (nSPS) is 10.4. The molecule has 0 fully saturated rings. The number of benzene rings is 2. The van der Waals surface area contributed by atoms with E-state index in [-0.39, 0.29) is 24.2 Å².